The Hall–Kier alpha value is -0.260. The van der Waals surface area contributed by atoms with Crippen molar-refractivity contribution in [2.45, 2.75) is 205 Å². The summed E-state index contributed by atoms with van der Waals surface area (Å²) in [6.45, 7) is 0. The predicted octanol–water partition coefficient (Wildman–Crippen LogP) is 15.0. The van der Waals surface area contributed by atoms with Gasteiger partial charge in [0.15, 0.2) is 0 Å². The van der Waals surface area contributed by atoms with Gasteiger partial charge < -0.3 is 0 Å². The second-order valence-corrected chi connectivity index (χ2v) is 23.1. The van der Waals surface area contributed by atoms with Crippen LogP contribution in [0.3, 0.4) is 0 Å². The lowest BCUT2D eigenvalue weighted by Crippen LogP contribution is -2.55. The molecule has 11 aliphatic carbocycles. The lowest BCUT2D eigenvalue weighted by atomic mass is 9.42. The summed E-state index contributed by atoms with van der Waals surface area (Å²) < 4.78 is 0. The van der Waals surface area contributed by atoms with Gasteiger partial charge in [-0.05, 0) is 280 Å². The molecule has 0 heteroatoms. The summed E-state index contributed by atoms with van der Waals surface area (Å²) in [7, 11) is 0. The first-order chi connectivity index (χ1) is 25.8. The molecule has 52 heavy (non-hydrogen) atoms. The molecular weight excluding hydrogens is 625 g/mol. The zero-order chi connectivity index (χ0) is 34.2. The number of fused-ring (bicyclic) bond motifs is 2. The van der Waals surface area contributed by atoms with Crippen LogP contribution in [0.4, 0.5) is 0 Å². The van der Waals surface area contributed by atoms with E-state index in [9.17, 15) is 0 Å². The third kappa shape index (κ3) is 6.23. The molecule has 0 nitrogen and oxygen atoms in total. The van der Waals surface area contributed by atoms with Crippen molar-refractivity contribution in [3.05, 3.63) is 11.1 Å². The molecule has 9 saturated carbocycles. The zero-order valence-electron chi connectivity index (χ0n) is 34.0. The minimum Gasteiger partial charge on any atom is -0.0707 e. The van der Waals surface area contributed by atoms with Gasteiger partial charge >= 0.3 is 0 Å². The highest BCUT2D eigenvalue weighted by atomic mass is 14.6. The van der Waals surface area contributed by atoms with Gasteiger partial charge in [0.05, 0.1) is 0 Å². The molecule has 0 aromatic rings. The summed E-state index contributed by atoms with van der Waals surface area (Å²) in [5.74, 6) is 20.2. The highest BCUT2D eigenvalue weighted by Gasteiger charge is 2.57. The van der Waals surface area contributed by atoms with Crippen LogP contribution < -0.4 is 0 Å². The van der Waals surface area contributed by atoms with Crippen LogP contribution in [0.25, 0.3) is 0 Å². The van der Waals surface area contributed by atoms with Crippen molar-refractivity contribution < 1.29 is 0 Å². The van der Waals surface area contributed by atoms with Gasteiger partial charge in [-0.2, -0.15) is 0 Å². The van der Waals surface area contributed by atoms with Gasteiger partial charge in [-0.15, -0.1) is 0 Å². The SMILES string of the molecule is C1CCC2=C(C1)CCCC2C1CCC(C2CCC3CCC4C(C5CCC6CC(C7CCCC8CCCCC87)CCC6C5)CCC5CCC2C3C54)CC1. The van der Waals surface area contributed by atoms with Crippen molar-refractivity contribution in [3.8, 4) is 0 Å². The van der Waals surface area contributed by atoms with Crippen LogP contribution in [0.15, 0.2) is 11.1 Å². The number of allylic oxidation sites excluding steroid dienone is 2. The number of hydrogen-bond acceptors (Lipinski definition) is 0. The highest BCUT2D eigenvalue weighted by Crippen LogP contribution is 2.66. The van der Waals surface area contributed by atoms with Crippen LogP contribution in [-0.4, -0.2) is 0 Å². The smallest absolute Gasteiger partial charge is 0.0172 e. The van der Waals surface area contributed by atoms with E-state index in [2.05, 4.69) is 0 Å². The van der Waals surface area contributed by atoms with E-state index in [-0.39, 0.29) is 0 Å². The average Bonchev–Trinajstić information content (AvgIpc) is 3.22. The molecule has 0 saturated heterocycles. The van der Waals surface area contributed by atoms with Crippen LogP contribution in [0, 0.1) is 107 Å². The van der Waals surface area contributed by atoms with Crippen molar-refractivity contribution in [3.63, 3.8) is 0 Å². The molecule has 0 amide bonds. The first-order valence-corrected chi connectivity index (χ1v) is 25.5. The van der Waals surface area contributed by atoms with Crippen LogP contribution >= 0.6 is 0 Å². The molecule has 0 heterocycles. The maximum absolute atomic E-state index is 2.03. The fourth-order valence-corrected chi connectivity index (χ4v) is 19.8. The molecule has 11 rings (SSSR count). The Balaban J connectivity index is 0.736. The van der Waals surface area contributed by atoms with Gasteiger partial charge in [-0.3, -0.25) is 0 Å². The van der Waals surface area contributed by atoms with E-state index in [0.29, 0.717) is 0 Å². The fourth-order valence-electron chi connectivity index (χ4n) is 19.8. The number of rotatable bonds is 4. The summed E-state index contributed by atoms with van der Waals surface area (Å²) in [5, 5.41) is 0. The van der Waals surface area contributed by atoms with Crippen LogP contribution in [0.5, 0.6) is 0 Å². The molecule has 11 aliphatic rings. The van der Waals surface area contributed by atoms with Gasteiger partial charge in [0, 0.05) is 0 Å². The van der Waals surface area contributed by atoms with Gasteiger partial charge in [-0.1, -0.05) is 43.3 Å². The first-order valence-electron chi connectivity index (χ1n) is 25.5. The Bertz CT molecular complexity index is 1260. The third-order valence-electron chi connectivity index (χ3n) is 21.7. The van der Waals surface area contributed by atoms with E-state index >= 15 is 0 Å². The summed E-state index contributed by atoms with van der Waals surface area (Å²) in [4.78, 5) is 0. The van der Waals surface area contributed by atoms with E-state index in [0.717, 1.165) is 107 Å². The zero-order valence-corrected chi connectivity index (χ0v) is 34.0. The summed E-state index contributed by atoms with van der Waals surface area (Å²) >= 11 is 0. The molecule has 0 bridgehead atoms. The maximum Gasteiger partial charge on any atom is -0.0172 e. The van der Waals surface area contributed by atoms with Crippen LogP contribution in [-0.2, 0) is 0 Å². The van der Waals surface area contributed by atoms with Crippen molar-refractivity contribution in [2.24, 2.45) is 107 Å². The van der Waals surface area contributed by atoms with Gasteiger partial charge in [0.2, 0.25) is 0 Å². The third-order valence-corrected chi connectivity index (χ3v) is 21.7. The van der Waals surface area contributed by atoms with Gasteiger partial charge in [0.25, 0.3) is 0 Å². The monoisotopic (exact) mass is 707 g/mol. The molecule has 0 aliphatic heterocycles. The minimum absolute atomic E-state index is 1.01. The van der Waals surface area contributed by atoms with E-state index in [4.69, 9.17) is 0 Å². The standard InChI is InChI=1S/C52H82/c1-3-11-43-33(7-1)9-5-13-45(43)35-15-17-36(18-16-35)47-27-23-37-26-30-50-48(28-24-38-25-29-49(47)51(37)52(38)50)42-22-20-39-31-41(21-19-40(39)32-42)46-14-6-10-34-8-2-4-12-44(34)46/h34-42,44-52H,1-32H2. The normalized spacial score (nSPS) is 53.5. The largest absolute Gasteiger partial charge is 0.0707 e. The van der Waals surface area contributed by atoms with E-state index < -0.39 is 0 Å². The van der Waals surface area contributed by atoms with E-state index in [1.165, 1.54) is 38.5 Å². The molecule has 9 fully saturated rings. The molecule has 0 aromatic carbocycles. The van der Waals surface area contributed by atoms with Gasteiger partial charge in [0.1, 0.15) is 0 Å². The molecule has 290 valence electrons. The molecule has 16 unspecified atom stereocenters. The molecule has 0 spiro atoms. The van der Waals surface area contributed by atoms with Gasteiger partial charge in [-0.25, -0.2) is 0 Å². The average molecular weight is 707 g/mol. The summed E-state index contributed by atoms with van der Waals surface area (Å²) in [6, 6.07) is 0. The lowest BCUT2D eigenvalue weighted by molar-refractivity contribution is -0.136. The highest BCUT2D eigenvalue weighted by molar-refractivity contribution is 5.23. The minimum atomic E-state index is 1.01. The quantitative estimate of drug-likeness (QED) is 0.255. The molecule has 16 atom stereocenters. The van der Waals surface area contributed by atoms with E-state index in [1.807, 2.05) is 11.1 Å². The summed E-state index contributed by atoms with van der Waals surface area (Å²) in [6.07, 6.45) is 51.1. The second-order valence-electron chi connectivity index (χ2n) is 23.1. The molecule has 0 radical (unpaired) electrons. The topological polar surface area (TPSA) is 0 Å². The Kier molecular flexibility index (Phi) is 10.0. The fraction of sp³-hybridized carbons (Fsp3) is 0.962. The number of hydrogen-bond donors (Lipinski definition) is 0. The van der Waals surface area contributed by atoms with Crippen LogP contribution in [0.2, 0.25) is 0 Å². The predicted molar refractivity (Wildman–Crippen MR) is 218 cm³/mol. The Morgan fingerprint density at radius 1 is 0.250 bits per heavy atom. The Morgan fingerprint density at radius 2 is 0.692 bits per heavy atom. The Labute approximate surface area is 322 Å². The van der Waals surface area contributed by atoms with Crippen molar-refractivity contribution in [1.82, 2.24) is 0 Å². The van der Waals surface area contributed by atoms with Crippen molar-refractivity contribution in [2.75, 3.05) is 0 Å². The maximum atomic E-state index is 2.03. The lowest BCUT2D eigenvalue weighted by Gasteiger charge is -2.63. The molecular formula is C52H82. The van der Waals surface area contributed by atoms with E-state index in [1.54, 1.807) is 167 Å². The molecule has 0 N–H and O–H groups in total. The van der Waals surface area contributed by atoms with Crippen LogP contribution in [0.1, 0.15) is 205 Å². The Morgan fingerprint density at radius 3 is 1.40 bits per heavy atom. The first kappa shape index (κ1) is 34.9. The second kappa shape index (κ2) is 14.9. The van der Waals surface area contributed by atoms with Crippen molar-refractivity contribution >= 4 is 0 Å². The molecule has 0 aromatic heterocycles. The van der Waals surface area contributed by atoms with Crippen molar-refractivity contribution in [1.29, 1.82) is 0 Å². The summed E-state index contributed by atoms with van der Waals surface area (Å²) in [5.41, 5.74) is 3.99.